The maximum atomic E-state index is 13.5. The zero-order valence-corrected chi connectivity index (χ0v) is 25.5. The Morgan fingerprint density at radius 1 is 0.844 bits per heavy atom. The first kappa shape index (κ1) is 29.6. The van der Waals surface area contributed by atoms with Gasteiger partial charge in [0, 0.05) is 49.8 Å². The van der Waals surface area contributed by atoms with Crippen LogP contribution in [-0.2, 0) is 9.59 Å². The van der Waals surface area contributed by atoms with Gasteiger partial charge in [0.1, 0.15) is 5.70 Å². The highest BCUT2D eigenvalue weighted by Gasteiger charge is 2.17. The lowest BCUT2D eigenvalue weighted by molar-refractivity contribution is -0.114. The van der Waals surface area contributed by atoms with Crippen LogP contribution in [0.25, 0.3) is 28.2 Å². The fraction of sp³-hybridized carbons (Fsp3) is 0.0286. The number of thiazole rings is 1. The van der Waals surface area contributed by atoms with E-state index in [1.165, 1.54) is 23.1 Å². The predicted octanol–water partition coefficient (Wildman–Crippen LogP) is 7.43. The van der Waals surface area contributed by atoms with Gasteiger partial charge in [0.2, 0.25) is 5.91 Å². The number of thioether (sulfide) groups is 1. The van der Waals surface area contributed by atoms with E-state index in [2.05, 4.69) is 25.9 Å². The van der Waals surface area contributed by atoms with E-state index in [4.69, 9.17) is 0 Å². The molecule has 0 saturated carbocycles. The first-order valence-corrected chi connectivity index (χ1v) is 15.9. The van der Waals surface area contributed by atoms with E-state index >= 15 is 0 Å². The van der Waals surface area contributed by atoms with Crippen LogP contribution < -0.4 is 16.0 Å². The molecule has 4 N–H and O–H groups in total. The normalized spacial score (nSPS) is 11.2. The van der Waals surface area contributed by atoms with Crippen LogP contribution in [0, 0.1) is 0 Å². The highest BCUT2D eigenvalue weighted by molar-refractivity contribution is 8.00. The van der Waals surface area contributed by atoms with Gasteiger partial charge in [-0.3, -0.25) is 14.4 Å². The minimum absolute atomic E-state index is 0.0874. The molecule has 0 saturated heterocycles. The number of carbonyl (C=O) groups excluding carboxylic acids is 3. The average Bonchev–Trinajstić information content (AvgIpc) is 3.71. The molecule has 0 radical (unpaired) electrons. The van der Waals surface area contributed by atoms with Crippen LogP contribution in [0.3, 0.4) is 0 Å². The van der Waals surface area contributed by atoms with Crippen molar-refractivity contribution in [1.29, 1.82) is 0 Å². The number of nitrogens with one attached hydrogen (secondary N) is 4. The molecule has 2 heterocycles. The summed E-state index contributed by atoms with van der Waals surface area (Å²) in [6.07, 6.45) is 3.45. The summed E-state index contributed by atoms with van der Waals surface area (Å²) in [4.78, 5) is 47.7. The van der Waals surface area contributed by atoms with Gasteiger partial charge in [0.25, 0.3) is 11.8 Å². The van der Waals surface area contributed by atoms with Crippen LogP contribution in [0.5, 0.6) is 0 Å². The number of rotatable bonds is 10. The maximum Gasteiger partial charge on any atom is 0.272 e. The Morgan fingerprint density at radius 2 is 1.60 bits per heavy atom. The van der Waals surface area contributed by atoms with Crippen molar-refractivity contribution < 1.29 is 14.4 Å². The van der Waals surface area contributed by atoms with Crippen LogP contribution in [-0.4, -0.2) is 33.4 Å². The Labute approximate surface area is 267 Å². The Balaban J connectivity index is 1.13. The number of aromatic amines is 1. The monoisotopic (exact) mass is 629 g/mol. The summed E-state index contributed by atoms with van der Waals surface area (Å²) in [5.41, 5.74) is 4.52. The van der Waals surface area contributed by atoms with E-state index in [1.807, 2.05) is 72.1 Å². The largest absolute Gasteiger partial charge is 0.361 e. The number of para-hydroxylation sites is 1. The van der Waals surface area contributed by atoms with Gasteiger partial charge in [-0.1, -0.05) is 72.8 Å². The number of nitrogens with zero attached hydrogens (tertiary/aromatic N) is 1. The molecule has 0 spiro atoms. The van der Waals surface area contributed by atoms with Crippen LogP contribution in [0.4, 0.5) is 10.8 Å². The molecule has 10 heteroatoms. The molecule has 222 valence electrons. The van der Waals surface area contributed by atoms with Gasteiger partial charge >= 0.3 is 0 Å². The molecular weight excluding hydrogens is 603 g/mol. The molecule has 0 bridgehead atoms. The molecular formula is C35H27N5O3S2. The van der Waals surface area contributed by atoms with E-state index in [-0.39, 0.29) is 17.4 Å². The Hall–Kier alpha value is -5.45. The number of fused-ring (bicyclic) bond motifs is 1. The molecule has 0 aliphatic carbocycles. The molecule has 0 aliphatic heterocycles. The summed E-state index contributed by atoms with van der Waals surface area (Å²) >= 11 is 2.71. The molecule has 6 rings (SSSR count). The first-order chi connectivity index (χ1) is 22.0. The van der Waals surface area contributed by atoms with E-state index in [9.17, 15) is 14.4 Å². The number of carbonyl (C=O) groups is 3. The van der Waals surface area contributed by atoms with E-state index < -0.39 is 11.8 Å². The number of anilines is 2. The number of amides is 3. The second-order valence-corrected chi connectivity index (χ2v) is 11.8. The summed E-state index contributed by atoms with van der Waals surface area (Å²) < 4.78 is 0. The third-order valence-corrected chi connectivity index (χ3v) is 8.48. The lowest BCUT2D eigenvalue weighted by Gasteiger charge is -2.12. The van der Waals surface area contributed by atoms with Crippen molar-refractivity contribution >= 4 is 68.6 Å². The van der Waals surface area contributed by atoms with Gasteiger partial charge in [-0.05, 0) is 42.5 Å². The first-order valence-electron chi connectivity index (χ1n) is 14.0. The second kappa shape index (κ2) is 13.9. The number of hydrogen-bond acceptors (Lipinski definition) is 6. The predicted molar refractivity (Wildman–Crippen MR) is 182 cm³/mol. The third kappa shape index (κ3) is 7.56. The van der Waals surface area contributed by atoms with Gasteiger partial charge < -0.3 is 20.9 Å². The highest BCUT2D eigenvalue weighted by Crippen LogP contribution is 2.26. The van der Waals surface area contributed by atoms with Gasteiger partial charge in [-0.25, -0.2) is 4.98 Å². The van der Waals surface area contributed by atoms with Gasteiger partial charge in [0.15, 0.2) is 5.13 Å². The van der Waals surface area contributed by atoms with Crippen molar-refractivity contribution in [2.45, 2.75) is 4.90 Å². The fourth-order valence-electron chi connectivity index (χ4n) is 4.55. The van der Waals surface area contributed by atoms with E-state index in [0.717, 1.165) is 32.6 Å². The summed E-state index contributed by atoms with van der Waals surface area (Å²) in [5.74, 6) is -0.905. The van der Waals surface area contributed by atoms with E-state index in [1.54, 1.807) is 54.7 Å². The molecule has 0 fully saturated rings. The van der Waals surface area contributed by atoms with Gasteiger partial charge in [0.05, 0.1) is 11.4 Å². The number of benzene rings is 4. The molecule has 2 aromatic heterocycles. The standard InChI is InChI=1S/C35H27N5O3S2/c41-32(40-35-39-31(21-45-35)23-10-3-1-4-11-23)22-44-27-15-9-14-26(19-27)37-34(43)30(38-33(42)24-12-5-2-6-13-24)18-25-20-36-29-17-8-7-16-28(25)29/h1-21,36H,22H2,(H,37,43)(H,38,42)(H,39,40,41)/b30-18-. The lowest BCUT2D eigenvalue weighted by Crippen LogP contribution is -2.30. The quantitative estimate of drug-likeness (QED) is 0.0929. The van der Waals surface area contributed by atoms with Crippen molar-refractivity contribution in [3.05, 3.63) is 138 Å². The summed E-state index contributed by atoms with van der Waals surface area (Å²) in [7, 11) is 0. The fourth-order valence-corrected chi connectivity index (χ4v) is 6.04. The lowest BCUT2D eigenvalue weighted by atomic mass is 10.1. The zero-order valence-electron chi connectivity index (χ0n) is 23.8. The summed E-state index contributed by atoms with van der Waals surface area (Å²) in [6.45, 7) is 0. The third-order valence-electron chi connectivity index (χ3n) is 6.73. The number of H-pyrrole nitrogens is 1. The maximum absolute atomic E-state index is 13.5. The van der Waals surface area contributed by atoms with Crippen LogP contribution in [0.15, 0.2) is 131 Å². The molecule has 8 nitrogen and oxygen atoms in total. The molecule has 45 heavy (non-hydrogen) atoms. The van der Waals surface area contributed by atoms with Crippen molar-refractivity contribution in [2.75, 3.05) is 16.4 Å². The molecule has 4 aromatic carbocycles. The van der Waals surface area contributed by atoms with Gasteiger partial charge in [-0.2, -0.15) is 0 Å². The topological polar surface area (TPSA) is 116 Å². The Kier molecular flexibility index (Phi) is 9.14. The van der Waals surface area contributed by atoms with Crippen molar-refractivity contribution in [1.82, 2.24) is 15.3 Å². The Morgan fingerprint density at radius 3 is 2.42 bits per heavy atom. The van der Waals surface area contributed by atoms with Crippen LogP contribution >= 0.6 is 23.1 Å². The molecule has 6 aromatic rings. The average molecular weight is 630 g/mol. The smallest absolute Gasteiger partial charge is 0.272 e. The number of aromatic nitrogens is 2. The molecule has 3 amide bonds. The summed E-state index contributed by atoms with van der Waals surface area (Å²) in [5, 5.41) is 11.9. The molecule has 0 atom stereocenters. The van der Waals surface area contributed by atoms with Crippen molar-refractivity contribution in [3.63, 3.8) is 0 Å². The second-order valence-electron chi connectivity index (χ2n) is 9.89. The van der Waals surface area contributed by atoms with Crippen LogP contribution in [0.2, 0.25) is 0 Å². The number of hydrogen-bond donors (Lipinski definition) is 4. The molecule has 0 aliphatic rings. The van der Waals surface area contributed by atoms with Crippen molar-refractivity contribution in [2.24, 2.45) is 0 Å². The highest BCUT2D eigenvalue weighted by atomic mass is 32.2. The Bertz CT molecular complexity index is 2000. The SMILES string of the molecule is O=C(CSc1cccc(NC(=O)/C(=C/c2c[nH]c3ccccc23)NC(=O)c2ccccc2)c1)Nc1nc(-c2ccccc2)cs1. The van der Waals surface area contributed by atoms with E-state index in [0.29, 0.717) is 16.4 Å². The summed E-state index contributed by atoms with van der Waals surface area (Å²) in [6, 6.07) is 33.4. The van der Waals surface area contributed by atoms with Gasteiger partial charge in [-0.15, -0.1) is 23.1 Å². The van der Waals surface area contributed by atoms with Crippen LogP contribution in [0.1, 0.15) is 15.9 Å². The van der Waals surface area contributed by atoms with Crippen molar-refractivity contribution in [3.8, 4) is 11.3 Å². The minimum Gasteiger partial charge on any atom is -0.361 e. The minimum atomic E-state index is -0.484. The zero-order chi connectivity index (χ0) is 31.0. The molecule has 0 unspecified atom stereocenters.